The molecule has 98 valence electrons. The second-order valence-corrected chi connectivity index (χ2v) is 4.47. The van der Waals surface area contributed by atoms with E-state index in [0.717, 1.165) is 29.7 Å². The average molecular weight is 246 g/mol. The van der Waals surface area contributed by atoms with Crippen LogP contribution in [0, 0.1) is 6.92 Å². The van der Waals surface area contributed by atoms with Crippen molar-refractivity contribution in [2.24, 2.45) is 0 Å². The molecule has 0 unspecified atom stereocenters. The minimum absolute atomic E-state index is 0.151. The van der Waals surface area contributed by atoms with Crippen molar-refractivity contribution in [1.82, 2.24) is 0 Å². The zero-order valence-electron chi connectivity index (χ0n) is 11.7. The van der Waals surface area contributed by atoms with Gasteiger partial charge in [0.2, 0.25) is 0 Å². The summed E-state index contributed by atoms with van der Waals surface area (Å²) in [4.78, 5) is 12.0. The molecule has 2 heteroatoms. The lowest BCUT2D eigenvalue weighted by Crippen LogP contribution is -2.02. The number of carbonyl (C=O) groups is 1. The van der Waals surface area contributed by atoms with Gasteiger partial charge in [0.05, 0.1) is 7.11 Å². The number of hydrogen-bond acceptors (Lipinski definition) is 2. The van der Waals surface area contributed by atoms with Gasteiger partial charge in [-0.25, -0.2) is 0 Å². The summed E-state index contributed by atoms with van der Waals surface area (Å²) in [6.07, 6.45) is 4.07. The fourth-order valence-electron chi connectivity index (χ4n) is 1.97. The molecule has 0 atom stereocenters. The van der Waals surface area contributed by atoms with Crippen LogP contribution in [0.4, 0.5) is 0 Å². The third-order valence-electron chi connectivity index (χ3n) is 3.07. The molecule has 0 spiro atoms. The SMILES string of the molecule is CCC(=CC(=O)Cc1cc(C)ccc1OC)CC. The number of methoxy groups -OCH3 is 1. The van der Waals surface area contributed by atoms with Crippen molar-refractivity contribution in [2.45, 2.75) is 40.0 Å². The van der Waals surface area contributed by atoms with Crippen LogP contribution in [0.15, 0.2) is 29.8 Å². The Labute approximate surface area is 110 Å². The largest absolute Gasteiger partial charge is 0.496 e. The molecule has 1 rings (SSSR count). The minimum Gasteiger partial charge on any atom is -0.496 e. The maximum absolute atomic E-state index is 12.0. The Bertz CT molecular complexity index is 438. The van der Waals surface area contributed by atoms with Crippen LogP contribution in [0.2, 0.25) is 0 Å². The normalized spacial score (nSPS) is 10.0. The summed E-state index contributed by atoms with van der Waals surface area (Å²) in [5.74, 6) is 0.939. The summed E-state index contributed by atoms with van der Waals surface area (Å²) < 4.78 is 5.29. The van der Waals surface area contributed by atoms with E-state index in [2.05, 4.69) is 13.8 Å². The molecular weight excluding hydrogens is 224 g/mol. The van der Waals surface area contributed by atoms with E-state index in [4.69, 9.17) is 4.74 Å². The van der Waals surface area contributed by atoms with Gasteiger partial charge < -0.3 is 4.74 Å². The highest BCUT2D eigenvalue weighted by Crippen LogP contribution is 2.20. The van der Waals surface area contributed by atoms with Crippen molar-refractivity contribution < 1.29 is 9.53 Å². The molecule has 1 aromatic carbocycles. The van der Waals surface area contributed by atoms with Crippen molar-refractivity contribution in [3.63, 3.8) is 0 Å². The number of aryl methyl sites for hydroxylation is 1. The average Bonchev–Trinajstić information content (AvgIpc) is 2.36. The first-order valence-electron chi connectivity index (χ1n) is 6.46. The minimum atomic E-state index is 0.151. The highest BCUT2D eigenvalue weighted by molar-refractivity contribution is 5.92. The zero-order chi connectivity index (χ0) is 13.5. The number of hydrogen-bond donors (Lipinski definition) is 0. The first kappa shape index (κ1) is 14.5. The quantitative estimate of drug-likeness (QED) is 0.712. The molecular formula is C16H22O2. The molecule has 18 heavy (non-hydrogen) atoms. The van der Waals surface area contributed by atoms with E-state index in [1.165, 1.54) is 5.57 Å². The van der Waals surface area contributed by atoms with Gasteiger partial charge in [0, 0.05) is 12.0 Å². The van der Waals surface area contributed by atoms with Gasteiger partial charge in [0.25, 0.3) is 0 Å². The summed E-state index contributed by atoms with van der Waals surface area (Å²) in [6.45, 7) is 6.18. The van der Waals surface area contributed by atoms with E-state index in [1.54, 1.807) is 13.2 Å². The lowest BCUT2D eigenvalue weighted by atomic mass is 10.0. The lowest BCUT2D eigenvalue weighted by Gasteiger charge is -2.08. The number of allylic oxidation sites excluding steroid dienone is 2. The van der Waals surface area contributed by atoms with Crippen LogP contribution in [0.3, 0.4) is 0 Å². The summed E-state index contributed by atoms with van der Waals surface area (Å²) in [5, 5.41) is 0. The van der Waals surface area contributed by atoms with Gasteiger partial charge in [-0.2, -0.15) is 0 Å². The fourth-order valence-corrected chi connectivity index (χ4v) is 1.97. The number of carbonyl (C=O) groups excluding carboxylic acids is 1. The van der Waals surface area contributed by atoms with Crippen LogP contribution in [-0.4, -0.2) is 12.9 Å². The van der Waals surface area contributed by atoms with E-state index < -0.39 is 0 Å². The van der Waals surface area contributed by atoms with Gasteiger partial charge in [-0.05, 0) is 31.9 Å². The van der Waals surface area contributed by atoms with E-state index in [1.807, 2.05) is 25.1 Å². The Morgan fingerprint density at radius 3 is 2.50 bits per heavy atom. The highest BCUT2D eigenvalue weighted by atomic mass is 16.5. The molecule has 0 bridgehead atoms. The van der Waals surface area contributed by atoms with Crippen molar-refractivity contribution >= 4 is 5.78 Å². The first-order valence-corrected chi connectivity index (χ1v) is 6.46. The molecule has 0 N–H and O–H groups in total. The molecule has 0 aromatic heterocycles. The van der Waals surface area contributed by atoms with E-state index in [0.29, 0.717) is 6.42 Å². The van der Waals surface area contributed by atoms with Gasteiger partial charge in [0.1, 0.15) is 5.75 Å². The smallest absolute Gasteiger partial charge is 0.160 e. The molecule has 0 heterocycles. The maximum Gasteiger partial charge on any atom is 0.160 e. The van der Waals surface area contributed by atoms with Crippen molar-refractivity contribution in [3.05, 3.63) is 41.0 Å². The monoisotopic (exact) mass is 246 g/mol. The Morgan fingerprint density at radius 1 is 1.28 bits per heavy atom. The van der Waals surface area contributed by atoms with Crippen LogP contribution < -0.4 is 4.74 Å². The lowest BCUT2D eigenvalue weighted by molar-refractivity contribution is -0.114. The van der Waals surface area contributed by atoms with Gasteiger partial charge in [0.15, 0.2) is 5.78 Å². The molecule has 0 aliphatic rings. The zero-order valence-corrected chi connectivity index (χ0v) is 11.7. The standard InChI is InChI=1S/C16H22O2/c1-5-13(6-2)10-15(17)11-14-9-12(3)7-8-16(14)18-4/h7-10H,5-6,11H2,1-4H3. The number of rotatable bonds is 6. The maximum atomic E-state index is 12.0. The molecule has 0 radical (unpaired) electrons. The van der Waals surface area contributed by atoms with Crippen LogP contribution in [-0.2, 0) is 11.2 Å². The molecule has 0 amide bonds. The predicted octanol–water partition coefficient (Wildman–Crippen LogP) is 3.86. The van der Waals surface area contributed by atoms with Gasteiger partial charge in [-0.3, -0.25) is 4.79 Å². The van der Waals surface area contributed by atoms with E-state index in [9.17, 15) is 4.79 Å². The molecule has 1 aromatic rings. The first-order chi connectivity index (χ1) is 8.60. The third kappa shape index (κ3) is 4.02. The molecule has 0 fully saturated rings. The molecule has 0 saturated carbocycles. The van der Waals surface area contributed by atoms with E-state index >= 15 is 0 Å². The van der Waals surface area contributed by atoms with Gasteiger partial charge in [-0.1, -0.05) is 37.1 Å². The highest BCUT2D eigenvalue weighted by Gasteiger charge is 2.08. The second-order valence-electron chi connectivity index (χ2n) is 4.47. The van der Waals surface area contributed by atoms with Crippen LogP contribution >= 0.6 is 0 Å². The molecule has 2 nitrogen and oxygen atoms in total. The summed E-state index contributed by atoms with van der Waals surface area (Å²) in [6, 6.07) is 5.93. The summed E-state index contributed by atoms with van der Waals surface area (Å²) in [7, 11) is 1.64. The second kappa shape index (κ2) is 7.00. The van der Waals surface area contributed by atoms with E-state index in [-0.39, 0.29) is 5.78 Å². The van der Waals surface area contributed by atoms with Crippen molar-refractivity contribution in [2.75, 3.05) is 7.11 Å². The Balaban J connectivity index is 2.87. The Morgan fingerprint density at radius 2 is 1.94 bits per heavy atom. The summed E-state index contributed by atoms with van der Waals surface area (Å²) in [5.41, 5.74) is 3.31. The van der Waals surface area contributed by atoms with Crippen LogP contribution in [0.5, 0.6) is 5.75 Å². The van der Waals surface area contributed by atoms with Gasteiger partial charge >= 0.3 is 0 Å². The Hall–Kier alpha value is -1.57. The van der Waals surface area contributed by atoms with Crippen molar-refractivity contribution in [1.29, 1.82) is 0 Å². The molecule has 0 saturated heterocycles. The number of benzene rings is 1. The number of ether oxygens (including phenoxy) is 1. The summed E-state index contributed by atoms with van der Waals surface area (Å²) >= 11 is 0. The molecule has 0 aliphatic carbocycles. The predicted molar refractivity (Wildman–Crippen MR) is 75.1 cm³/mol. The topological polar surface area (TPSA) is 26.3 Å². The van der Waals surface area contributed by atoms with Gasteiger partial charge in [-0.15, -0.1) is 0 Å². The third-order valence-corrected chi connectivity index (χ3v) is 3.07. The van der Waals surface area contributed by atoms with Crippen LogP contribution in [0.25, 0.3) is 0 Å². The number of ketones is 1. The van der Waals surface area contributed by atoms with Crippen molar-refractivity contribution in [3.8, 4) is 5.75 Å². The Kier molecular flexibility index (Phi) is 5.63. The van der Waals surface area contributed by atoms with Crippen LogP contribution in [0.1, 0.15) is 37.8 Å². The fraction of sp³-hybridized carbons (Fsp3) is 0.438. The molecule has 0 aliphatic heterocycles.